The Balaban J connectivity index is 0.00000242. The van der Waals surface area contributed by atoms with Gasteiger partial charge < -0.3 is 5.73 Å². The number of hydrogen-bond donors (Lipinski definition) is 1. The third-order valence-electron chi connectivity index (χ3n) is 4.08. The van der Waals surface area contributed by atoms with Crippen LogP contribution in [0.25, 0.3) is 0 Å². The molecular weight excluding hydrogens is 336 g/mol. The molecule has 0 amide bonds. The van der Waals surface area contributed by atoms with Crippen LogP contribution in [0.4, 0.5) is 13.2 Å². The molecular formula is C15H21Cl2F3N2. The number of nitrogens with zero attached hydrogens (tertiary/aromatic N) is 1. The first-order valence-corrected chi connectivity index (χ1v) is 7.30. The highest BCUT2D eigenvalue weighted by molar-refractivity contribution is 6.30. The highest BCUT2D eigenvalue weighted by Gasteiger charge is 2.34. The van der Waals surface area contributed by atoms with E-state index in [1.54, 1.807) is 6.07 Å². The van der Waals surface area contributed by atoms with Crippen LogP contribution < -0.4 is 5.73 Å². The largest absolute Gasteiger partial charge is 0.416 e. The van der Waals surface area contributed by atoms with E-state index in [4.69, 9.17) is 17.3 Å². The van der Waals surface area contributed by atoms with Crippen LogP contribution in [-0.4, -0.2) is 24.0 Å². The Labute approximate surface area is 140 Å². The summed E-state index contributed by atoms with van der Waals surface area (Å²) in [7, 11) is 0. The van der Waals surface area contributed by atoms with E-state index in [0.29, 0.717) is 12.1 Å². The summed E-state index contributed by atoms with van der Waals surface area (Å²) in [6, 6.07) is 3.85. The van der Waals surface area contributed by atoms with Crippen LogP contribution in [0.3, 0.4) is 0 Å². The lowest BCUT2D eigenvalue weighted by Gasteiger charge is -2.42. The third-order valence-corrected chi connectivity index (χ3v) is 4.30. The van der Waals surface area contributed by atoms with E-state index in [-0.39, 0.29) is 28.9 Å². The quantitative estimate of drug-likeness (QED) is 0.853. The second kappa shape index (κ2) is 6.95. The van der Waals surface area contributed by atoms with Crippen molar-refractivity contribution in [2.75, 3.05) is 13.1 Å². The molecule has 1 aromatic rings. The minimum absolute atomic E-state index is 0. The molecule has 1 unspecified atom stereocenters. The predicted molar refractivity (Wildman–Crippen MR) is 85.4 cm³/mol. The highest BCUT2D eigenvalue weighted by atomic mass is 35.5. The Morgan fingerprint density at radius 1 is 1.32 bits per heavy atom. The molecule has 2 nitrogen and oxygen atoms in total. The molecule has 0 bridgehead atoms. The van der Waals surface area contributed by atoms with Gasteiger partial charge in [0.1, 0.15) is 0 Å². The van der Waals surface area contributed by atoms with Crippen molar-refractivity contribution >= 4 is 24.0 Å². The number of halogens is 5. The minimum atomic E-state index is -4.37. The molecule has 2 N–H and O–H groups in total. The number of piperidine rings is 1. The van der Waals surface area contributed by atoms with Gasteiger partial charge in [-0.2, -0.15) is 13.2 Å². The monoisotopic (exact) mass is 356 g/mol. The summed E-state index contributed by atoms with van der Waals surface area (Å²) in [6.07, 6.45) is -3.52. The van der Waals surface area contributed by atoms with Gasteiger partial charge in [0.25, 0.3) is 0 Å². The molecule has 1 fully saturated rings. The molecule has 0 spiro atoms. The fourth-order valence-corrected chi connectivity index (χ4v) is 3.04. The van der Waals surface area contributed by atoms with Gasteiger partial charge >= 0.3 is 6.18 Å². The van der Waals surface area contributed by atoms with Crippen LogP contribution in [0.2, 0.25) is 5.02 Å². The number of benzene rings is 1. The zero-order valence-corrected chi connectivity index (χ0v) is 14.2. The molecule has 0 aliphatic carbocycles. The fourth-order valence-electron chi connectivity index (χ4n) is 2.78. The molecule has 1 aliphatic heterocycles. The highest BCUT2D eigenvalue weighted by Crippen LogP contribution is 2.33. The first kappa shape index (κ1) is 19.6. The predicted octanol–water partition coefficient (Wildman–Crippen LogP) is 4.34. The summed E-state index contributed by atoms with van der Waals surface area (Å²) in [4.78, 5) is 2.13. The van der Waals surface area contributed by atoms with E-state index >= 15 is 0 Å². The van der Waals surface area contributed by atoms with Crippen LogP contribution in [0.5, 0.6) is 0 Å². The maximum absolute atomic E-state index is 12.8. The van der Waals surface area contributed by atoms with Gasteiger partial charge in [-0.3, -0.25) is 4.90 Å². The van der Waals surface area contributed by atoms with Crippen molar-refractivity contribution in [1.29, 1.82) is 0 Å². The second-order valence-corrected chi connectivity index (χ2v) is 6.88. The average Bonchev–Trinajstić information content (AvgIpc) is 2.32. The zero-order valence-electron chi connectivity index (χ0n) is 12.6. The van der Waals surface area contributed by atoms with Gasteiger partial charge in [0.15, 0.2) is 0 Å². The van der Waals surface area contributed by atoms with E-state index in [2.05, 4.69) is 18.7 Å². The van der Waals surface area contributed by atoms with Gasteiger partial charge in [0.2, 0.25) is 0 Å². The first-order chi connectivity index (χ1) is 9.58. The molecule has 0 radical (unpaired) electrons. The van der Waals surface area contributed by atoms with Crippen molar-refractivity contribution in [2.45, 2.75) is 39.0 Å². The number of alkyl halides is 3. The summed E-state index contributed by atoms with van der Waals surface area (Å²) in [5.74, 6) is 0. The summed E-state index contributed by atoms with van der Waals surface area (Å²) >= 11 is 5.81. The molecule has 0 saturated carbocycles. The number of likely N-dealkylation sites (tertiary alicyclic amines) is 1. The lowest BCUT2D eigenvalue weighted by Crippen LogP contribution is -2.52. The standard InChI is InChI=1S/C15H20ClF3N2.ClH/c1-14(2)9-21(4-3-13(14)20)8-10-5-11(15(17,18)19)7-12(16)6-10;/h5-7,13H,3-4,8-9,20H2,1-2H3;1H. The normalized spacial score (nSPS) is 22.2. The minimum Gasteiger partial charge on any atom is -0.327 e. The molecule has 126 valence electrons. The summed E-state index contributed by atoms with van der Waals surface area (Å²) in [6.45, 7) is 6.19. The lowest BCUT2D eigenvalue weighted by molar-refractivity contribution is -0.137. The first-order valence-electron chi connectivity index (χ1n) is 6.92. The molecule has 1 saturated heterocycles. The third kappa shape index (κ3) is 4.75. The lowest BCUT2D eigenvalue weighted by atomic mass is 9.79. The topological polar surface area (TPSA) is 29.3 Å². The molecule has 7 heteroatoms. The Bertz CT molecular complexity index is 518. The average molecular weight is 357 g/mol. The number of rotatable bonds is 2. The van der Waals surface area contributed by atoms with Crippen LogP contribution in [0.1, 0.15) is 31.4 Å². The summed E-state index contributed by atoms with van der Waals surface area (Å²) in [5, 5.41) is 0.118. The van der Waals surface area contributed by atoms with Gasteiger partial charge in [0.05, 0.1) is 5.56 Å². The van der Waals surface area contributed by atoms with Gasteiger partial charge in [-0.05, 0) is 35.6 Å². The van der Waals surface area contributed by atoms with Crippen LogP contribution in [0, 0.1) is 5.41 Å². The van der Waals surface area contributed by atoms with E-state index in [9.17, 15) is 13.2 Å². The van der Waals surface area contributed by atoms with Crippen LogP contribution >= 0.6 is 24.0 Å². The summed E-state index contributed by atoms with van der Waals surface area (Å²) < 4.78 is 38.4. The van der Waals surface area contributed by atoms with Crippen LogP contribution in [-0.2, 0) is 12.7 Å². The fraction of sp³-hybridized carbons (Fsp3) is 0.600. The van der Waals surface area contributed by atoms with Crippen molar-refractivity contribution in [1.82, 2.24) is 4.90 Å². The number of hydrogen-bond acceptors (Lipinski definition) is 2. The van der Waals surface area contributed by atoms with Crippen molar-refractivity contribution in [3.8, 4) is 0 Å². The SMILES string of the molecule is CC1(C)CN(Cc2cc(Cl)cc(C(F)(F)F)c2)CCC1N.Cl. The maximum Gasteiger partial charge on any atom is 0.416 e. The van der Waals surface area contributed by atoms with Gasteiger partial charge in [-0.1, -0.05) is 25.4 Å². The van der Waals surface area contributed by atoms with E-state index in [0.717, 1.165) is 25.6 Å². The Hall–Kier alpha value is -0.490. The van der Waals surface area contributed by atoms with Gasteiger partial charge in [0, 0.05) is 30.7 Å². The molecule has 22 heavy (non-hydrogen) atoms. The summed E-state index contributed by atoms with van der Waals surface area (Å²) in [5.41, 5.74) is 5.93. The zero-order chi connectivity index (χ0) is 15.8. The maximum atomic E-state index is 12.8. The Morgan fingerprint density at radius 2 is 1.95 bits per heavy atom. The van der Waals surface area contributed by atoms with Crippen molar-refractivity contribution in [2.24, 2.45) is 11.1 Å². The number of nitrogens with two attached hydrogens (primary N) is 1. The van der Waals surface area contributed by atoms with E-state index in [1.165, 1.54) is 6.07 Å². The second-order valence-electron chi connectivity index (χ2n) is 6.44. The van der Waals surface area contributed by atoms with Crippen molar-refractivity contribution in [3.63, 3.8) is 0 Å². The smallest absolute Gasteiger partial charge is 0.327 e. The van der Waals surface area contributed by atoms with Crippen molar-refractivity contribution in [3.05, 3.63) is 34.3 Å². The van der Waals surface area contributed by atoms with E-state index < -0.39 is 11.7 Å². The van der Waals surface area contributed by atoms with Gasteiger partial charge in [-0.15, -0.1) is 12.4 Å². The molecule has 1 aliphatic rings. The molecule has 0 aromatic heterocycles. The van der Waals surface area contributed by atoms with Crippen LogP contribution in [0.15, 0.2) is 18.2 Å². The molecule has 2 rings (SSSR count). The molecule has 1 atom stereocenters. The Morgan fingerprint density at radius 3 is 2.50 bits per heavy atom. The van der Waals surface area contributed by atoms with E-state index in [1.807, 2.05) is 0 Å². The van der Waals surface area contributed by atoms with Gasteiger partial charge in [-0.25, -0.2) is 0 Å². The molecule has 1 heterocycles. The Kier molecular flexibility index (Phi) is 6.18. The van der Waals surface area contributed by atoms with Crippen molar-refractivity contribution < 1.29 is 13.2 Å². The molecule has 1 aromatic carbocycles.